The van der Waals surface area contributed by atoms with Crippen molar-refractivity contribution >= 4 is 5.91 Å². The summed E-state index contributed by atoms with van der Waals surface area (Å²) in [6.07, 6.45) is 4.35. The molecule has 0 unspecified atom stereocenters. The van der Waals surface area contributed by atoms with E-state index < -0.39 is 5.41 Å². The fourth-order valence-corrected chi connectivity index (χ4v) is 5.47. The minimum absolute atomic E-state index is 0.279. The van der Waals surface area contributed by atoms with E-state index in [1.165, 1.54) is 5.56 Å². The summed E-state index contributed by atoms with van der Waals surface area (Å²) in [5.74, 6) is 1.84. The zero-order valence-electron chi connectivity index (χ0n) is 21.0. The highest BCUT2D eigenvalue weighted by atomic mass is 16.5. The first-order chi connectivity index (χ1) is 16.5. The molecule has 34 heavy (non-hydrogen) atoms. The first-order valence-electron chi connectivity index (χ1n) is 12.3. The predicted molar refractivity (Wildman–Crippen MR) is 134 cm³/mol. The Labute approximate surface area is 203 Å². The lowest BCUT2D eigenvalue weighted by Gasteiger charge is -2.43. The normalized spacial score (nSPS) is 18.9. The van der Waals surface area contributed by atoms with Gasteiger partial charge in [0.15, 0.2) is 0 Å². The van der Waals surface area contributed by atoms with Crippen molar-refractivity contribution in [2.45, 2.75) is 38.1 Å². The Kier molecular flexibility index (Phi) is 7.79. The highest BCUT2D eigenvalue weighted by Crippen LogP contribution is 2.40. The van der Waals surface area contributed by atoms with E-state index in [2.05, 4.69) is 36.2 Å². The molecule has 0 radical (unpaired) electrons. The Hall–Kier alpha value is -2.57. The van der Waals surface area contributed by atoms with Crippen molar-refractivity contribution in [3.8, 4) is 22.6 Å². The average molecular weight is 467 g/mol. The van der Waals surface area contributed by atoms with Gasteiger partial charge in [-0.15, -0.1) is 0 Å². The summed E-state index contributed by atoms with van der Waals surface area (Å²) in [5, 5.41) is 0. The van der Waals surface area contributed by atoms with E-state index in [4.69, 9.17) is 14.2 Å². The Morgan fingerprint density at radius 3 is 2.18 bits per heavy atom. The number of nitrogens with zero attached hydrogens (tertiary/aromatic N) is 2. The fraction of sp³-hybridized carbons (Fsp3) is 0.536. The maximum atomic E-state index is 13.9. The largest absolute Gasteiger partial charge is 0.496 e. The van der Waals surface area contributed by atoms with Crippen LogP contribution in [0.15, 0.2) is 42.5 Å². The van der Waals surface area contributed by atoms with E-state index in [-0.39, 0.29) is 5.91 Å². The molecule has 6 heteroatoms. The molecule has 2 fully saturated rings. The number of rotatable bonds is 7. The van der Waals surface area contributed by atoms with Gasteiger partial charge < -0.3 is 24.0 Å². The maximum Gasteiger partial charge on any atom is 0.229 e. The van der Waals surface area contributed by atoms with Crippen LogP contribution in [-0.4, -0.2) is 76.4 Å². The average Bonchev–Trinajstić information content (AvgIpc) is 2.88. The number of hydrogen-bond acceptors (Lipinski definition) is 5. The lowest BCUT2D eigenvalue weighted by molar-refractivity contribution is -0.149. The highest BCUT2D eigenvalue weighted by Gasteiger charge is 2.43. The quantitative estimate of drug-likeness (QED) is 0.610. The summed E-state index contributed by atoms with van der Waals surface area (Å²) in [6.45, 7) is 3.38. The summed E-state index contributed by atoms with van der Waals surface area (Å²) in [5.41, 5.74) is 2.75. The molecule has 0 spiro atoms. The molecule has 0 saturated carbocycles. The standard InChI is InChI=1S/C28H38N2O4/c1-29-16-12-23(13-17-29)30(2)27(31)28(14-18-34-19-15-28)20-21-8-10-22(11-9-21)26-24(32-3)6-5-7-25(26)33-4/h5-11,23H,12-20H2,1-4H3. The van der Waals surface area contributed by atoms with Crippen LogP contribution in [0.1, 0.15) is 31.2 Å². The molecule has 0 bridgehead atoms. The zero-order valence-corrected chi connectivity index (χ0v) is 21.0. The lowest BCUT2D eigenvalue weighted by atomic mass is 9.73. The highest BCUT2D eigenvalue weighted by molar-refractivity contribution is 5.83. The lowest BCUT2D eigenvalue weighted by Crippen LogP contribution is -2.52. The van der Waals surface area contributed by atoms with Crippen LogP contribution >= 0.6 is 0 Å². The molecule has 0 aliphatic carbocycles. The Morgan fingerprint density at radius 2 is 1.62 bits per heavy atom. The Bertz CT molecular complexity index is 939. The van der Waals surface area contributed by atoms with Crippen LogP contribution in [-0.2, 0) is 16.0 Å². The third-order valence-electron chi connectivity index (χ3n) is 7.67. The van der Waals surface area contributed by atoms with Crippen molar-refractivity contribution in [2.24, 2.45) is 5.41 Å². The number of benzene rings is 2. The molecule has 0 N–H and O–H groups in total. The van der Waals surface area contributed by atoms with Gasteiger partial charge in [-0.05, 0) is 75.5 Å². The summed E-state index contributed by atoms with van der Waals surface area (Å²) >= 11 is 0. The minimum atomic E-state index is -0.403. The number of ether oxygens (including phenoxy) is 3. The number of hydrogen-bond donors (Lipinski definition) is 0. The number of methoxy groups -OCH3 is 2. The molecule has 2 saturated heterocycles. The number of piperidine rings is 1. The topological polar surface area (TPSA) is 51.2 Å². The van der Waals surface area contributed by atoms with Crippen molar-refractivity contribution < 1.29 is 19.0 Å². The third-order valence-corrected chi connectivity index (χ3v) is 7.67. The van der Waals surface area contributed by atoms with Gasteiger partial charge in [-0.3, -0.25) is 4.79 Å². The van der Waals surface area contributed by atoms with Crippen molar-refractivity contribution in [3.05, 3.63) is 48.0 Å². The van der Waals surface area contributed by atoms with Gasteiger partial charge in [0.25, 0.3) is 0 Å². The summed E-state index contributed by atoms with van der Waals surface area (Å²) in [6, 6.07) is 14.6. The molecule has 184 valence electrons. The number of carbonyl (C=O) groups excluding carboxylic acids is 1. The molecule has 0 aromatic heterocycles. The van der Waals surface area contributed by atoms with Crippen molar-refractivity contribution in [1.29, 1.82) is 0 Å². The predicted octanol–water partition coefficient (Wildman–Crippen LogP) is 4.26. The minimum Gasteiger partial charge on any atom is -0.496 e. The van der Waals surface area contributed by atoms with E-state index in [1.807, 2.05) is 30.1 Å². The molecule has 6 nitrogen and oxygen atoms in total. The van der Waals surface area contributed by atoms with E-state index in [0.29, 0.717) is 19.3 Å². The Balaban J connectivity index is 1.56. The van der Waals surface area contributed by atoms with Gasteiger partial charge >= 0.3 is 0 Å². The summed E-state index contributed by atoms with van der Waals surface area (Å²) in [7, 11) is 7.51. The molecule has 1 amide bonds. The van der Waals surface area contributed by atoms with Crippen LogP contribution < -0.4 is 9.47 Å². The van der Waals surface area contributed by atoms with Gasteiger partial charge in [-0.2, -0.15) is 0 Å². The third kappa shape index (κ3) is 5.08. The van der Waals surface area contributed by atoms with Crippen LogP contribution in [0, 0.1) is 5.41 Å². The number of likely N-dealkylation sites (tertiary alicyclic amines) is 1. The van der Waals surface area contributed by atoms with Crippen LogP contribution in [0.4, 0.5) is 0 Å². The van der Waals surface area contributed by atoms with Gasteiger partial charge in [0.05, 0.1) is 25.2 Å². The SMILES string of the molecule is COc1cccc(OC)c1-c1ccc(CC2(C(=O)N(C)C3CCN(C)CC3)CCOCC2)cc1. The number of carbonyl (C=O) groups is 1. The smallest absolute Gasteiger partial charge is 0.229 e. The molecule has 2 heterocycles. The van der Waals surface area contributed by atoms with Gasteiger partial charge in [0, 0.05) is 26.3 Å². The van der Waals surface area contributed by atoms with Crippen molar-refractivity contribution in [2.75, 3.05) is 54.6 Å². The van der Waals surface area contributed by atoms with Gasteiger partial charge in [0.1, 0.15) is 11.5 Å². The second kappa shape index (κ2) is 10.8. The second-order valence-corrected chi connectivity index (χ2v) is 9.75. The molecule has 2 aromatic rings. The summed E-state index contributed by atoms with van der Waals surface area (Å²) < 4.78 is 16.8. The van der Waals surface area contributed by atoms with Crippen LogP contribution in [0.5, 0.6) is 11.5 Å². The monoisotopic (exact) mass is 466 g/mol. The van der Waals surface area contributed by atoms with E-state index >= 15 is 0 Å². The Morgan fingerprint density at radius 1 is 1.03 bits per heavy atom. The van der Waals surface area contributed by atoms with E-state index in [1.54, 1.807) is 14.2 Å². The molecule has 2 aliphatic rings. The molecular weight excluding hydrogens is 428 g/mol. The van der Waals surface area contributed by atoms with Crippen LogP contribution in [0.2, 0.25) is 0 Å². The van der Waals surface area contributed by atoms with Crippen LogP contribution in [0.25, 0.3) is 11.1 Å². The fourth-order valence-electron chi connectivity index (χ4n) is 5.47. The summed E-state index contributed by atoms with van der Waals surface area (Å²) in [4.78, 5) is 18.3. The van der Waals surface area contributed by atoms with Gasteiger partial charge in [-0.25, -0.2) is 0 Å². The van der Waals surface area contributed by atoms with E-state index in [9.17, 15) is 4.79 Å². The molecule has 4 rings (SSSR count). The molecular formula is C28H38N2O4. The first kappa shape index (κ1) is 24.6. The zero-order chi connectivity index (χ0) is 24.1. The van der Waals surface area contributed by atoms with Crippen molar-refractivity contribution in [1.82, 2.24) is 9.80 Å². The number of amides is 1. The van der Waals surface area contributed by atoms with Gasteiger partial charge in [-0.1, -0.05) is 30.3 Å². The molecule has 2 aromatic carbocycles. The first-order valence-corrected chi connectivity index (χ1v) is 12.3. The van der Waals surface area contributed by atoms with Gasteiger partial charge in [0.2, 0.25) is 5.91 Å². The van der Waals surface area contributed by atoms with E-state index in [0.717, 1.165) is 67.8 Å². The molecule has 2 aliphatic heterocycles. The second-order valence-electron chi connectivity index (χ2n) is 9.75. The maximum absolute atomic E-state index is 13.9. The van der Waals surface area contributed by atoms with Crippen molar-refractivity contribution in [3.63, 3.8) is 0 Å². The van der Waals surface area contributed by atoms with Crippen LogP contribution in [0.3, 0.4) is 0 Å². The molecule has 0 atom stereocenters.